The highest BCUT2D eigenvalue weighted by atomic mass is 79.9. The number of halogens is 1. The molecule has 0 saturated heterocycles. The SMILES string of the molecule is Cc1c(Br)cccc1NC(=O)NN. The average Bonchev–Trinajstić information content (AvgIpc) is 2.13. The van der Waals surface area contributed by atoms with Crippen molar-refractivity contribution in [3.05, 3.63) is 28.2 Å². The van der Waals surface area contributed by atoms with Gasteiger partial charge in [-0.1, -0.05) is 22.0 Å². The largest absolute Gasteiger partial charge is 0.333 e. The van der Waals surface area contributed by atoms with Gasteiger partial charge in [-0.3, -0.25) is 5.43 Å². The Hall–Kier alpha value is -1.07. The average molecular weight is 244 g/mol. The summed E-state index contributed by atoms with van der Waals surface area (Å²) in [5.41, 5.74) is 3.69. The van der Waals surface area contributed by atoms with Gasteiger partial charge < -0.3 is 5.32 Å². The van der Waals surface area contributed by atoms with Gasteiger partial charge in [-0.25, -0.2) is 10.6 Å². The number of amides is 2. The topological polar surface area (TPSA) is 67.2 Å². The van der Waals surface area contributed by atoms with Crippen LogP contribution in [0.4, 0.5) is 10.5 Å². The molecule has 0 aliphatic carbocycles. The number of urea groups is 1. The Balaban J connectivity index is 2.89. The number of nitrogens with two attached hydrogens (primary N) is 1. The summed E-state index contributed by atoms with van der Waals surface area (Å²) in [6.45, 7) is 1.90. The fourth-order valence-corrected chi connectivity index (χ4v) is 1.27. The molecule has 0 fully saturated rings. The summed E-state index contributed by atoms with van der Waals surface area (Å²) in [6.07, 6.45) is 0. The summed E-state index contributed by atoms with van der Waals surface area (Å²) in [6, 6.07) is 5.11. The first kappa shape index (κ1) is 10.0. The van der Waals surface area contributed by atoms with Crippen molar-refractivity contribution >= 4 is 27.6 Å². The predicted octanol–water partition coefficient (Wildman–Crippen LogP) is 1.75. The van der Waals surface area contributed by atoms with Gasteiger partial charge in [0.1, 0.15) is 0 Å². The quantitative estimate of drug-likeness (QED) is 0.400. The van der Waals surface area contributed by atoms with E-state index in [0.29, 0.717) is 0 Å². The summed E-state index contributed by atoms with van der Waals surface area (Å²) in [5.74, 6) is 4.93. The van der Waals surface area contributed by atoms with Crippen LogP contribution < -0.4 is 16.6 Å². The maximum atomic E-state index is 10.9. The van der Waals surface area contributed by atoms with E-state index in [9.17, 15) is 4.79 Å². The fraction of sp³-hybridized carbons (Fsp3) is 0.125. The number of hydrogen-bond acceptors (Lipinski definition) is 2. The summed E-state index contributed by atoms with van der Waals surface area (Å²) in [5, 5.41) is 2.60. The van der Waals surface area contributed by atoms with Crippen molar-refractivity contribution < 1.29 is 4.79 Å². The van der Waals surface area contributed by atoms with E-state index in [1.165, 1.54) is 0 Å². The van der Waals surface area contributed by atoms with E-state index >= 15 is 0 Å². The van der Waals surface area contributed by atoms with Crippen molar-refractivity contribution in [3.63, 3.8) is 0 Å². The minimum Gasteiger partial charge on any atom is -0.307 e. The second-order valence-corrected chi connectivity index (χ2v) is 3.37. The maximum absolute atomic E-state index is 10.9. The molecule has 1 aromatic carbocycles. The van der Waals surface area contributed by atoms with Gasteiger partial charge in [-0.05, 0) is 24.6 Å². The Morgan fingerprint density at radius 1 is 1.54 bits per heavy atom. The highest BCUT2D eigenvalue weighted by molar-refractivity contribution is 9.10. The van der Waals surface area contributed by atoms with Gasteiger partial charge >= 0.3 is 6.03 Å². The smallest absolute Gasteiger partial charge is 0.307 e. The van der Waals surface area contributed by atoms with Crippen LogP contribution in [0.1, 0.15) is 5.56 Å². The van der Waals surface area contributed by atoms with Crippen LogP contribution in [0.5, 0.6) is 0 Å². The molecule has 0 atom stereocenters. The minimum absolute atomic E-state index is 0.429. The number of benzene rings is 1. The van der Waals surface area contributed by atoms with Gasteiger partial charge in [0.2, 0.25) is 0 Å². The second-order valence-electron chi connectivity index (χ2n) is 2.51. The van der Waals surface area contributed by atoms with Gasteiger partial charge in [-0.2, -0.15) is 0 Å². The Kier molecular flexibility index (Phi) is 3.27. The zero-order valence-corrected chi connectivity index (χ0v) is 8.68. The molecule has 0 heterocycles. The normalized spacial score (nSPS) is 9.46. The molecule has 4 N–H and O–H groups in total. The van der Waals surface area contributed by atoms with Crippen molar-refractivity contribution in [2.75, 3.05) is 5.32 Å². The van der Waals surface area contributed by atoms with E-state index in [1.54, 1.807) is 6.07 Å². The van der Waals surface area contributed by atoms with Crippen LogP contribution in [0, 0.1) is 6.92 Å². The number of hydrazine groups is 1. The van der Waals surface area contributed by atoms with Crippen LogP contribution >= 0.6 is 15.9 Å². The lowest BCUT2D eigenvalue weighted by Gasteiger charge is -2.08. The number of carbonyl (C=O) groups is 1. The molecule has 0 aliphatic heterocycles. The molecule has 0 aliphatic rings. The van der Waals surface area contributed by atoms with Gasteiger partial charge in [0, 0.05) is 10.2 Å². The van der Waals surface area contributed by atoms with E-state index in [0.717, 1.165) is 15.7 Å². The van der Waals surface area contributed by atoms with Gasteiger partial charge in [-0.15, -0.1) is 0 Å². The number of hydrogen-bond donors (Lipinski definition) is 3. The van der Waals surface area contributed by atoms with Gasteiger partial charge in [0.15, 0.2) is 0 Å². The molecule has 0 unspecified atom stereocenters. The van der Waals surface area contributed by atoms with Crippen molar-refractivity contribution in [2.45, 2.75) is 6.92 Å². The van der Waals surface area contributed by atoms with Crippen LogP contribution in [0.2, 0.25) is 0 Å². The molecule has 0 saturated carbocycles. The summed E-state index contributed by atoms with van der Waals surface area (Å²) < 4.78 is 0.947. The first-order valence-corrected chi connectivity index (χ1v) is 4.47. The van der Waals surface area contributed by atoms with Crippen molar-refractivity contribution in [1.29, 1.82) is 0 Å². The lowest BCUT2D eigenvalue weighted by Crippen LogP contribution is -2.34. The van der Waals surface area contributed by atoms with E-state index in [4.69, 9.17) is 5.84 Å². The third-order valence-corrected chi connectivity index (χ3v) is 2.51. The highest BCUT2D eigenvalue weighted by Crippen LogP contribution is 2.23. The first-order valence-electron chi connectivity index (χ1n) is 3.68. The lowest BCUT2D eigenvalue weighted by molar-refractivity contribution is 0.252. The Morgan fingerprint density at radius 3 is 2.85 bits per heavy atom. The Labute approximate surface area is 84.6 Å². The fourth-order valence-electron chi connectivity index (χ4n) is 0.901. The molecule has 0 radical (unpaired) electrons. The third kappa shape index (κ3) is 2.43. The zero-order valence-electron chi connectivity index (χ0n) is 7.10. The lowest BCUT2D eigenvalue weighted by atomic mass is 10.2. The van der Waals surface area contributed by atoms with Crippen molar-refractivity contribution in [3.8, 4) is 0 Å². The molecule has 1 aromatic rings. The highest BCUT2D eigenvalue weighted by Gasteiger charge is 2.03. The molecular formula is C8H10BrN3O. The molecule has 0 bridgehead atoms. The molecule has 1 rings (SSSR count). The Morgan fingerprint density at radius 2 is 2.23 bits per heavy atom. The standard InChI is InChI=1S/C8H10BrN3O/c1-5-6(9)3-2-4-7(5)11-8(13)12-10/h2-4H,10H2,1H3,(H2,11,12,13). The number of rotatable bonds is 1. The van der Waals surface area contributed by atoms with Gasteiger partial charge in [0.25, 0.3) is 0 Å². The van der Waals surface area contributed by atoms with Crippen molar-refractivity contribution in [1.82, 2.24) is 5.43 Å². The predicted molar refractivity (Wildman–Crippen MR) is 55.2 cm³/mol. The number of carbonyl (C=O) groups excluding carboxylic acids is 1. The summed E-state index contributed by atoms with van der Waals surface area (Å²) in [7, 11) is 0. The van der Waals surface area contributed by atoms with Crippen LogP contribution in [-0.2, 0) is 0 Å². The molecule has 2 amide bonds. The van der Waals surface area contributed by atoms with Crippen LogP contribution in [0.3, 0.4) is 0 Å². The number of anilines is 1. The minimum atomic E-state index is -0.429. The van der Waals surface area contributed by atoms with Crippen LogP contribution in [-0.4, -0.2) is 6.03 Å². The molecule has 0 aromatic heterocycles. The van der Waals surface area contributed by atoms with E-state index in [-0.39, 0.29) is 0 Å². The molecule has 5 heteroatoms. The third-order valence-electron chi connectivity index (χ3n) is 1.65. The van der Waals surface area contributed by atoms with E-state index in [2.05, 4.69) is 21.2 Å². The molecule has 70 valence electrons. The summed E-state index contributed by atoms with van der Waals surface area (Å²) in [4.78, 5) is 10.9. The van der Waals surface area contributed by atoms with Crippen LogP contribution in [0.25, 0.3) is 0 Å². The Bertz CT molecular complexity index is 327. The maximum Gasteiger partial charge on any atom is 0.333 e. The van der Waals surface area contributed by atoms with E-state index < -0.39 is 6.03 Å². The van der Waals surface area contributed by atoms with Crippen molar-refractivity contribution in [2.24, 2.45) is 5.84 Å². The second kappa shape index (κ2) is 4.25. The first-order chi connectivity index (χ1) is 6.15. The van der Waals surface area contributed by atoms with Gasteiger partial charge in [0.05, 0.1) is 0 Å². The molecule has 13 heavy (non-hydrogen) atoms. The molecule has 0 spiro atoms. The monoisotopic (exact) mass is 243 g/mol. The summed E-state index contributed by atoms with van der Waals surface area (Å²) >= 11 is 3.35. The van der Waals surface area contributed by atoms with E-state index in [1.807, 2.05) is 24.5 Å². The van der Waals surface area contributed by atoms with Crippen LogP contribution in [0.15, 0.2) is 22.7 Å². The zero-order chi connectivity index (χ0) is 9.84. The number of nitrogens with one attached hydrogen (secondary N) is 2. The molecular weight excluding hydrogens is 234 g/mol. The molecule has 4 nitrogen and oxygen atoms in total.